The lowest BCUT2D eigenvalue weighted by Crippen LogP contribution is -2.22. The van der Waals surface area contributed by atoms with Crippen LogP contribution in [0.15, 0.2) is 10.2 Å². The van der Waals surface area contributed by atoms with Crippen LogP contribution >= 0.6 is 11.3 Å². The normalized spacial score (nSPS) is 17.4. The third kappa shape index (κ3) is 1.84. The summed E-state index contributed by atoms with van der Waals surface area (Å²) < 4.78 is 38.0. The highest BCUT2D eigenvalue weighted by Crippen LogP contribution is 2.34. The van der Waals surface area contributed by atoms with E-state index in [4.69, 9.17) is 0 Å². The third-order valence-corrected chi connectivity index (χ3v) is 2.97. The highest BCUT2D eigenvalue weighted by Gasteiger charge is 2.36. The van der Waals surface area contributed by atoms with Gasteiger partial charge in [0.05, 0.1) is 0 Å². The zero-order valence-electron chi connectivity index (χ0n) is 7.17. The van der Waals surface area contributed by atoms with E-state index in [1.807, 2.05) is 0 Å². The molecule has 14 heavy (non-hydrogen) atoms. The number of alkyl halides is 3. The first-order chi connectivity index (χ1) is 6.48. The maximum Gasteiger partial charge on any atom is 0.432 e. The minimum absolute atomic E-state index is 0.219. The molecule has 0 atom stereocenters. The summed E-state index contributed by atoms with van der Waals surface area (Å²) in [5.41, 5.74) is -0.806. The predicted molar refractivity (Wildman–Crippen MR) is 46.3 cm³/mol. The Hall–Kier alpha value is -0.780. The first-order valence-electron chi connectivity index (χ1n) is 4.24. The van der Waals surface area contributed by atoms with Crippen molar-refractivity contribution in [3.63, 3.8) is 0 Å². The van der Waals surface area contributed by atoms with Crippen LogP contribution in [0.5, 0.6) is 0 Å². The Balaban J connectivity index is 2.34. The van der Waals surface area contributed by atoms with Gasteiger partial charge in [-0.3, -0.25) is 9.36 Å². The smallest absolute Gasteiger partial charge is 0.295 e. The third-order valence-electron chi connectivity index (χ3n) is 2.21. The molecule has 0 N–H and O–H groups in total. The van der Waals surface area contributed by atoms with Crippen LogP contribution in [0.2, 0.25) is 0 Å². The van der Waals surface area contributed by atoms with Crippen LogP contribution in [-0.4, -0.2) is 4.57 Å². The lowest BCUT2D eigenvalue weighted by Gasteiger charge is -2.09. The van der Waals surface area contributed by atoms with E-state index in [0.29, 0.717) is 11.3 Å². The molecule has 1 aromatic rings. The topological polar surface area (TPSA) is 22.0 Å². The van der Waals surface area contributed by atoms with Gasteiger partial charge in [0.1, 0.15) is 5.69 Å². The van der Waals surface area contributed by atoms with Gasteiger partial charge in [-0.15, -0.1) is 0 Å². The number of rotatable bonds is 2. The maximum atomic E-state index is 12.4. The number of aromatic nitrogens is 1. The number of halogens is 3. The second-order valence-electron chi connectivity index (χ2n) is 3.44. The van der Waals surface area contributed by atoms with E-state index in [9.17, 15) is 18.0 Å². The van der Waals surface area contributed by atoms with E-state index < -0.39 is 16.7 Å². The molecule has 0 unspecified atom stereocenters. The number of thiazole rings is 1. The molecule has 0 bridgehead atoms. The second-order valence-corrected chi connectivity index (χ2v) is 4.26. The highest BCUT2D eigenvalue weighted by molar-refractivity contribution is 7.07. The van der Waals surface area contributed by atoms with E-state index in [1.54, 1.807) is 0 Å². The van der Waals surface area contributed by atoms with Crippen molar-refractivity contribution < 1.29 is 13.2 Å². The summed E-state index contributed by atoms with van der Waals surface area (Å²) in [4.78, 5) is 10.6. The zero-order chi connectivity index (χ0) is 10.3. The van der Waals surface area contributed by atoms with Crippen molar-refractivity contribution >= 4 is 11.3 Å². The standard InChI is InChI=1S/C8H8F3NOS/c9-8(10,11)6-4-14-7(13)12(6)3-5-1-2-5/h4-5H,1-3H2. The molecule has 1 saturated carbocycles. The lowest BCUT2D eigenvalue weighted by atomic mass is 10.4. The summed E-state index contributed by atoms with van der Waals surface area (Å²) in [5.74, 6) is 0.267. The summed E-state index contributed by atoms with van der Waals surface area (Å²) in [6.45, 7) is 0.219. The van der Waals surface area contributed by atoms with Crippen molar-refractivity contribution in [3.05, 3.63) is 20.7 Å². The summed E-state index contributed by atoms with van der Waals surface area (Å²) >= 11 is 0.615. The minimum atomic E-state index is -4.41. The molecule has 0 amide bonds. The van der Waals surface area contributed by atoms with E-state index in [1.165, 1.54) is 0 Å². The zero-order valence-corrected chi connectivity index (χ0v) is 7.99. The van der Waals surface area contributed by atoms with E-state index in [2.05, 4.69) is 0 Å². The molecule has 1 aliphatic carbocycles. The molecule has 0 saturated heterocycles. The first-order valence-corrected chi connectivity index (χ1v) is 5.12. The van der Waals surface area contributed by atoms with Crippen LogP contribution in [0, 0.1) is 5.92 Å². The van der Waals surface area contributed by atoms with Crippen LogP contribution in [0.4, 0.5) is 13.2 Å². The molecule has 0 aliphatic heterocycles. The largest absolute Gasteiger partial charge is 0.432 e. The maximum absolute atomic E-state index is 12.4. The lowest BCUT2D eigenvalue weighted by molar-refractivity contribution is -0.143. The molecule has 1 heterocycles. The van der Waals surface area contributed by atoms with Crippen LogP contribution in [0.1, 0.15) is 18.5 Å². The quantitative estimate of drug-likeness (QED) is 0.754. The monoisotopic (exact) mass is 223 g/mol. The van der Waals surface area contributed by atoms with Crippen LogP contribution < -0.4 is 4.87 Å². The first kappa shape index (κ1) is 9.76. The SMILES string of the molecule is O=c1scc(C(F)(F)F)n1CC1CC1. The van der Waals surface area contributed by atoms with Gasteiger partial charge in [-0.05, 0) is 18.8 Å². The predicted octanol–water partition coefficient (Wildman–Crippen LogP) is 2.34. The number of nitrogens with zero attached hydrogens (tertiary/aromatic N) is 1. The molecule has 0 radical (unpaired) electrons. The van der Waals surface area contributed by atoms with Gasteiger partial charge in [0, 0.05) is 11.9 Å². The molecule has 2 rings (SSSR count). The Morgan fingerprint density at radius 2 is 2.14 bits per heavy atom. The number of hydrogen-bond donors (Lipinski definition) is 0. The average molecular weight is 223 g/mol. The molecule has 1 aliphatic rings. The van der Waals surface area contributed by atoms with Crippen LogP contribution in [0.3, 0.4) is 0 Å². The van der Waals surface area contributed by atoms with Crippen molar-refractivity contribution in [1.82, 2.24) is 4.57 Å². The highest BCUT2D eigenvalue weighted by atomic mass is 32.1. The molecule has 0 aromatic carbocycles. The van der Waals surface area contributed by atoms with Gasteiger partial charge in [-0.2, -0.15) is 13.2 Å². The van der Waals surface area contributed by atoms with Crippen molar-refractivity contribution in [2.75, 3.05) is 0 Å². The molecule has 2 nitrogen and oxygen atoms in total. The Bertz CT molecular complexity index is 388. The molecule has 0 spiro atoms. The Labute approximate surface area is 82.0 Å². The average Bonchev–Trinajstić information content (AvgIpc) is 2.76. The fraction of sp³-hybridized carbons (Fsp3) is 0.625. The molecule has 6 heteroatoms. The van der Waals surface area contributed by atoms with E-state index in [0.717, 1.165) is 22.8 Å². The van der Waals surface area contributed by atoms with Gasteiger partial charge in [0.2, 0.25) is 0 Å². The van der Waals surface area contributed by atoms with Crippen molar-refractivity contribution in [2.24, 2.45) is 5.92 Å². The Morgan fingerprint density at radius 1 is 1.50 bits per heavy atom. The van der Waals surface area contributed by atoms with Gasteiger partial charge in [0.25, 0.3) is 0 Å². The van der Waals surface area contributed by atoms with Crippen molar-refractivity contribution in [3.8, 4) is 0 Å². The van der Waals surface area contributed by atoms with Gasteiger partial charge in [-0.25, -0.2) is 0 Å². The van der Waals surface area contributed by atoms with Crippen LogP contribution in [0.25, 0.3) is 0 Å². The fourth-order valence-electron chi connectivity index (χ4n) is 1.28. The Morgan fingerprint density at radius 3 is 2.64 bits per heavy atom. The van der Waals surface area contributed by atoms with Gasteiger partial charge >= 0.3 is 11.0 Å². The molecule has 1 aromatic heterocycles. The number of hydrogen-bond acceptors (Lipinski definition) is 2. The van der Waals surface area contributed by atoms with Crippen molar-refractivity contribution in [1.29, 1.82) is 0 Å². The van der Waals surface area contributed by atoms with Crippen molar-refractivity contribution in [2.45, 2.75) is 25.6 Å². The van der Waals surface area contributed by atoms with E-state index >= 15 is 0 Å². The molecule has 1 fully saturated rings. The fourth-order valence-corrected chi connectivity index (χ4v) is 2.06. The molecule has 78 valence electrons. The summed E-state index contributed by atoms with van der Waals surface area (Å²) in [6.07, 6.45) is -2.55. The van der Waals surface area contributed by atoms with Crippen LogP contribution in [-0.2, 0) is 12.7 Å². The molecular weight excluding hydrogens is 215 g/mol. The van der Waals surface area contributed by atoms with E-state index in [-0.39, 0.29) is 12.5 Å². The van der Waals surface area contributed by atoms with Gasteiger partial charge in [-0.1, -0.05) is 11.3 Å². The van der Waals surface area contributed by atoms with Gasteiger partial charge < -0.3 is 0 Å². The summed E-state index contributed by atoms with van der Waals surface area (Å²) in [5, 5.41) is 0.894. The second kappa shape index (κ2) is 3.12. The summed E-state index contributed by atoms with van der Waals surface area (Å²) in [6, 6.07) is 0. The molecular formula is C8H8F3NOS. The Kier molecular flexibility index (Phi) is 2.17. The minimum Gasteiger partial charge on any atom is -0.295 e. The van der Waals surface area contributed by atoms with Gasteiger partial charge in [0.15, 0.2) is 0 Å². The summed E-state index contributed by atoms with van der Waals surface area (Å²) in [7, 11) is 0.